The lowest BCUT2D eigenvalue weighted by atomic mass is 9.97. The molecule has 12 nitrogen and oxygen atoms in total. The largest absolute Gasteiger partial charge is 0.456 e. The molecule has 0 aromatic heterocycles. The number of carbonyl (C=O) groups is 5. The van der Waals surface area contributed by atoms with Gasteiger partial charge in [0, 0.05) is 20.8 Å². The van der Waals surface area contributed by atoms with Crippen LogP contribution >= 0.6 is 0 Å². The number of amides is 2. The summed E-state index contributed by atoms with van der Waals surface area (Å²) in [6.07, 6.45) is -5.94. The van der Waals surface area contributed by atoms with Crippen molar-refractivity contribution in [3.63, 3.8) is 0 Å². The number of nitrogens with zero attached hydrogens (tertiary/aromatic N) is 1. The van der Waals surface area contributed by atoms with E-state index in [0.717, 1.165) is 39.9 Å². The number of esters is 3. The summed E-state index contributed by atoms with van der Waals surface area (Å²) in [6, 6.07) is -1.04. The van der Waals surface area contributed by atoms with Gasteiger partial charge in [-0.2, -0.15) is 0 Å². The lowest BCUT2D eigenvalue weighted by molar-refractivity contribution is -0.212. The maximum atomic E-state index is 12.1. The first-order chi connectivity index (χ1) is 12.6. The van der Waals surface area contributed by atoms with Gasteiger partial charge in [0.25, 0.3) is 0 Å². The fraction of sp³-hybridized carbons (Fsp3) is 0.667. The number of piperidine rings is 1. The van der Waals surface area contributed by atoms with Crippen LogP contribution in [0.5, 0.6) is 0 Å². The first kappa shape index (κ1) is 22.0. The fourth-order valence-electron chi connectivity index (χ4n) is 2.58. The van der Waals surface area contributed by atoms with Crippen molar-refractivity contribution in [1.29, 1.82) is 0 Å². The van der Waals surface area contributed by atoms with Crippen LogP contribution < -0.4 is 5.32 Å². The highest BCUT2D eigenvalue weighted by atomic mass is 16.6. The van der Waals surface area contributed by atoms with Crippen molar-refractivity contribution in [3.05, 3.63) is 0 Å². The SMILES string of the molecule is COC(=O)N[C@@H]1CN(C(=O)OC)[C@H](OC(C)=O)[C@@H](OC(C)=O)[C@H]1OC(C)=O. The molecule has 0 spiro atoms. The number of hydrogen-bond acceptors (Lipinski definition) is 10. The number of likely N-dealkylation sites (tertiary alicyclic amines) is 1. The molecule has 0 bridgehead atoms. The standard InChI is InChI=1S/C15H22N2O10/c1-7(18)25-11-10(16-14(21)23-4)6-17(15(22)24-5)13(27-9(3)20)12(11)26-8(2)19/h10-13H,6H2,1-5H3,(H,16,21)/t10-,11+,12+,13-/m1/s1. The predicted molar refractivity (Wildman–Crippen MR) is 85.1 cm³/mol. The van der Waals surface area contributed by atoms with Crippen molar-refractivity contribution in [2.75, 3.05) is 20.8 Å². The van der Waals surface area contributed by atoms with E-state index in [1.165, 1.54) is 0 Å². The average Bonchev–Trinajstić information content (AvgIpc) is 2.57. The van der Waals surface area contributed by atoms with Gasteiger partial charge in [-0.3, -0.25) is 19.3 Å². The van der Waals surface area contributed by atoms with Crippen molar-refractivity contribution >= 4 is 30.1 Å². The van der Waals surface area contributed by atoms with Crippen LogP contribution in [-0.2, 0) is 38.1 Å². The summed E-state index contributed by atoms with van der Waals surface area (Å²) in [5.74, 6) is -2.33. The Hall–Kier alpha value is -3.05. The smallest absolute Gasteiger partial charge is 0.412 e. The van der Waals surface area contributed by atoms with Crippen LogP contribution in [0.3, 0.4) is 0 Å². The Kier molecular flexibility index (Phi) is 7.81. The molecule has 4 atom stereocenters. The summed E-state index contributed by atoms with van der Waals surface area (Å²) < 4.78 is 24.6. The Labute approximate surface area is 155 Å². The molecule has 0 aliphatic carbocycles. The molecule has 1 heterocycles. The third kappa shape index (κ3) is 6.01. The maximum absolute atomic E-state index is 12.1. The molecule has 1 aliphatic rings. The van der Waals surface area contributed by atoms with Gasteiger partial charge in [-0.15, -0.1) is 0 Å². The molecule has 152 valence electrons. The molecule has 0 aromatic rings. The van der Waals surface area contributed by atoms with E-state index in [4.69, 9.17) is 14.2 Å². The van der Waals surface area contributed by atoms with Crippen LogP contribution in [0.25, 0.3) is 0 Å². The van der Waals surface area contributed by atoms with Crippen molar-refractivity contribution in [2.24, 2.45) is 0 Å². The Morgan fingerprint density at radius 2 is 1.33 bits per heavy atom. The molecule has 0 unspecified atom stereocenters. The van der Waals surface area contributed by atoms with Gasteiger partial charge in [-0.05, 0) is 0 Å². The van der Waals surface area contributed by atoms with Gasteiger partial charge in [0.1, 0.15) is 0 Å². The van der Waals surface area contributed by atoms with Crippen molar-refractivity contribution < 1.29 is 47.7 Å². The molecule has 1 fully saturated rings. The van der Waals surface area contributed by atoms with E-state index < -0.39 is 54.6 Å². The van der Waals surface area contributed by atoms with E-state index in [0.29, 0.717) is 0 Å². The monoisotopic (exact) mass is 390 g/mol. The highest BCUT2D eigenvalue weighted by Crippen LogP contribution is 2.26. The molecular weight excluding hydrogens is 368 g/mol. The van der Waals surface area contributed by atoms with E-state index in [2.05, 4.69) is 14.8 Å². The number of carbonyl (C=O) groups excluding carboxylic acids is 5. The minimum Gasteiger partial charge on any atom is -0.456 e. The highest BCUT2D eigenvalue weighted by Gasteiger charge is 2.52. The van der Waals surface area contributed by atoms with Crippen LogP contribution in [0, 0.1) is 0 Å². The topological polar surface area (TPSA) is 147 Å². The fourth-order valence-corrected chi connectivity index (χ4v) is 2.58. The molecule has 1 rings (SSSR count). The highest BCUT2D eigenvalue weighted by molar-refractivity contribution is 5.72. The number of hydrogen-bond donors (Lipinski definition) is 1. The third-order valence-corrected chi connectivity index (χ3v) is 3.49. The summed E-state index contributed by atoms with van der Waals surface area (Å²) in [6.45, 7) is 2.98. The Bertz CT molecular complexity index is 607. The van der Waals surface area contributed by atoms with Crippen LogP contribution in [0.2, 0.25) is 0 Å². The Balaban J connectivity index is 3.38. The van der Waals surface area contributed by atoms with Crippen LogP contribution in [0.1, 0.15) is 20.8 Å². The van der Waals surface area contributed by atoms with E-state index in [1.54, 1.807) is 0 Å². The van der Waals surface area contributed by atoms with Gasteiger partial charge in [0.2, 0.25) is 6.23 Å². The van der Waals surface area contributed by atoms with Gasteiger partial charge >= 0.3 is 30.1 Å². The molecule has 0 radical (unpaired) electrons. The normalized spacial score (nSPS) is 24.3. The second kappa shape index (κ2) is 9.59. The van der Waals surface area contributed by atoms with Gasteiger partial charge < -0.3 is 29.0 Å². The zero-order valence-corrected chi connectivity index (χ0v) is 15.5. The zero-order chi connectivity index (χ0) is 20.7. The lowest BCUT2D eigenvalue weighted by Gasteiger charge is -2.45. The van der Waals surface area contributed by atoms with E-state index in [1.807, 2.05) is 0 Å². The van der Waals surface area contributed by atoms with Crippen LogP contribution in [0.4, 0.5) is 9.59 Å². The summed E-state index contributed by atoms with van der Waals surface area (Å²) in [5.41, 5.74) is 0. The first-order valence-corrected chi connectivity index (χ1v) is 7.81. The molecular formula is C15H22N2O10. The maximum Gasteiger partial charge on any atom is 0.412 e. The number of alkyl carbamates (subject to hydrolysis) is 1. The van der Waals surface area contributed by atoms with Crippen molar-refractivity contribution in [1.82, 2.24) is 10.2 Å². The molecule has 1 aliphatic heterocycles. The minimum absolute atomic E-state index is 0.282. The molecule has 1 N–H and O–H groups in total. The Morgan fingerprint density at radius 1 is 0.815 bits per heavy atom. The summed E-state index contributed by atoms with van der Waals surface area (Å²) >= 11 is 0. The van der Waals surface area contributed by atoms with Gasteiger partial charge in [0.15, 0.2) is 12.2 Å². The molecule has 0 aromatic carbocycles. The summed E-state index contributed by atoms with van der Waals surface area (Å²) in [7, 11) is 2.21. The second-order valence-electron chi connectivity index (χ2n) is 5.51. The van der Waals surface area contributed by atoms with E-state index in [-0.39, 0.29) is 6.54 Å². The number of rotatable bonds is 4. The summed E-state index contributed by atoms with van der Waals surface area (Å²) in [5, 5.41) is 2.39. The van der Waals surface area contributed by atoms with Crippen molar-refractivity contribution in [2.45, 2.75) is 45.2 Å². The van der Waals surface area contributed by atoms with Crippen molar-refractivity contribution in [3.8, 4) is 0 Å². The third-order valence-electron chi connectivity index (χ3n) is 3.49. The van der Waals surface area contributed by atoms with Crippen LogP contribution in [0.15, 0.2) is 0 Å². The van der Waals surface area contributed by atoms with Gasteiger partial charge in [-0.1, -0.05) is 0 Å². The molecule has 27 heavy (non-hydrogen) atoms. The molecule has 0 saturated carbocycles. The van der Waals surface area contributed by atoms with Gasteiger partial charge in [-0.25, -0.2) is 9.59 Å². The number of ether oxygens (including phenoxy) is 5. The van der Waals surface area contributed by atoms with Gasteiger partial charge in [0.05, 0.1) is 26.8 Å². The number of methoxy groups -OCH3 is 2. The number of nitrogens with one attached hydrogen (secondary N) is 1. The molecule has 2 amide bonds. The molecule has 12 heteroatoms. The first-order valence-electron chi connectivity index (χ1n) is 7.81. The zero-order valence-electron chi connectivity index (χ0n) is 15.5. The predicted octanol–water partition coefficient (Wildman–Crippen LogP) is -0.454. The average molecular weight is 390 g/mol. The Morgan fingerprint density at radius 3 is 1.78 bits per heavy atom. The minimum atomic E-state index is -1.45. The quantitative estimate of drug-likeness (QED) is 0.494. The van der Waals surface area contributed by atoms with Crippen LogP contribution in [-0.4, -0.2) is 80.2 Å². The van der Waals surface area contributed by atoms with E-state index >= 15 is 0 Å². The lowest BCUT2D eigenvalue weighted by Crippen LogP contribution is -2.69. The second-order valence-corrected chi connectivity index (χ2v) is 5.51. The van der Waals surface area contributed by atoms with E-state index in [9.17, 15) is 24.0 Å². The molecule has 1 saturated heterocycles. The summed E-state index contributed by atoms with van der Waals surface area (Å²) in [4.78, 5) is 59.3.